The molecule has 2 aliphatic rings. The van der Waals surface area contributed by atoms with Gasteiger partial charge in [0.1, 0.15) is 0 Å². The van der Waals surface area contributed by atoms with Crippen LogP contribution in [0.25, 0.3) is 17.2 Å². The first kappa shape index (κ1) is 20.3. The summed E-state index contributed by atoms with van der Waals surface area (Å²) in [7, 11) is 0. The summed E-state index contributed by atoms with van der Waals surface area (Å²) in [6.45, 7) is 7.69. The Kier molecular flexibility index (Phi) is 5.72. The van der Waals surface area contributed by atoms with Crippen molar-refractivity contribution in [1.29, 1.82) is 0 Å². The van der Waals surface area contributed by atoms with E-state index in [9.17, 15) is 4.79 Å². The minimum absolute atomic E-state index is 0.00434. The maximum absolute atomic E-state index is 12.2. The van der Waals surface area contributed by atoms with Crippen LogP contribution in [0.15, 0.2) is 31.0 Å². The van der Waals surface area contributed by atoms with Gasteiger partial charge in [0.15, 0.2) is 5.82 Å². The van der Waals surface area contributed by atoms with Gasteiger partial charge in [-0.25, -0.2) is 4.98 Å². The van der Waals surface area contributed by atoms with Crippen molar-refractivity contribution in [2.45, 2.75) is 38.1 Å². The Bertz CT molecular complexity index is 957. The lowest BCUT2D eigenvalue weighted by Gasteiger charge is -2.41. The summed E-state index contributed by atoms with van der Waals surface area (Å²) in [6.07, 6.45) is 5.98. The SMILES string of the molecule is C=Cc1cc(-c2cc(N)c(N3CCN(C(=O)CCO)[C@H](C)C3)nc2C2CC2)ccn1. The molecule has 3 heterocycles. The number of hydrogen-bond donors (Lipinski definition) is 2. The number of anilines is 2. The fourth-order valence-corrected chi connectivity index (χ4v) is 4.17. The molecule has 30 heavy (non-hydrogen) atoms. The monoisotopic (exact) mass is 407 g/mol. The van der Waals surface area contributed by atoms with E-state index < -0.39 is 0 Å². The number of carbonyl (C=O) groups is 1. The van der Waals surface area contributed by atoms with E-state index in [0.29, 0.717) is 31.2 Å². The minimum atomic E-state index is -0.116. The molecule has 1 saturated carbocycles. The zero-order valence-corrected chi connectivity index (χ0v) is 17.4. The zero-order chi connectivity index (χ0) is 21.3. The van der Waals surface area contributed by atoms with Gasteiger partial charge in [0, 0.05) is 49.8 Å². The van der Waals surface area contributed by atoms with Gasteiger partial charge >= 0.3 is 0 Å². The van der Waals surface area contributed by atoms with Crippen LogP contribution in [0, 0.1) is 0 Å². The van der Waals surface area contributed by atoms with Crippen LogP contribution in [0.1, 0.15) is 43.5 Å². The van der Waals surface area contributed by atoms with Crippen LogP contribution in [0.5, 0.6) is 0 Å². The number of rotatable bonds is 6. The first-order valence-corrected chi connectivity index (χ1v) is 10.6. The van der Waals surface area contributed by atoms with Crippen LogP contribution < -0.4 is 10.6 Å². The third-order valence-corrected chi connectivity index (χ3v) is 5.90. The highest BCUT2D eigenvalue weighted by Gasteiger charge is 2.32. The van der Waals surface area contributed by atoms with Crippen molar-refractivity contribution in [2.24, 2.45) is 0 Å². The van der Waals surface area contributed by atoms with Crippen LogP contribution in [-0.2, 0) is 4.79 Å². The molecule has 1 aliphatic carbocycles. The van der Waals surface area contributed by atoms with E-state index in [2.05, 4.69) is 16.5 Å². The topological polar surface area (TPSA) is 95.6 Å². The Morgan fingerprint density at radius 2 is 2.17 bits per heavy atom. The highest BCUT2D eigenvalue weighted by Crippen LogP contribution is 2.45. The molecule has 0 radical (unpaired) electrons. The lowest BCUT2D eigenvalue weighted by atomic mass is 10.0. The molecule has 4 rings (SSSR count). The quantitative estimate of drug-likeness (QED) is 0.764. The van der Waals surface area contributed by atoms with Gasteiger partial charge in [-0.2, -0.15) is 0 Å². The molecule has 7 nitrogen and oxygen atoms in total. The number of piperazine rings is 1. The van der Waals surface area contributed by atoms with Crippen LogP contribution in [0.3, 0.4) is 0 Å². The number of nitrogens with zero attached hydrogens (tertiary/aromatic N) is 4. The zero-order valence-electron chi connectivity index (χ0n) is 17.4. The number of pyridine rings is 2. The highest BCUT2D eigenvalue weighted by molar-refractivity contribution is 5.79. The van der Waals surface area contributed by atoms with Gasteiger partial charge in [-0.1, -0.05) is 6.58 Å². The summed E-state index contributed by atoms with van der Waals surface area (Å²) in [6, 6.07) is 6.08. The summed E-state index contributed by atoms with van der Waals surface area (Å²) < 4.78 is 0. The van der Waals surface area contributed by atoms with Crippen LogP contribution in [-0.4, -0.2) is 58.2 Å². The second-order valence-electron chi connectivity index (χ2n) is 8.14. The molecule has 7 heteroatoms. The number of carbonyl (C=O) groups excluding carboxylic acids is 1. The van der Waals surface area contributed by atoms with Gasteiger partial charge in [-0.3, -0.25) is 9.78 Å². The third kappa shape index (κ3) is 4.03. The molecule has 2 aromatic rings. The van der Waals surface area contributed by atoms with E-state index >= 15 is 0 Å². The summed E-state index contributed by atoms with van der Waals surface area (Å²) in [5.41, 5.74) is 11.2. The molecule has 3 N–H and O–H groups in total. The molecular formula is C23H29N5O2. The Morgan fingerprint density at radius 1 is 1.37 bits per heavy atom. The Morgan fingerprint density at radius 3 is 2.83 bits per heavy atom. The molecule has 2 fully saturated rings. The molecule has 2 aromatic heterocycles. The van der Waals surface area contributed by atoms with E-state index in [1.54, 1.807) is 12.3 Å². The lowest BCUT2D eigenvalue weighted by Crippen LogP contribution is -2.54. The first-order chi connectivity index (χ1) is 14.5. The molecule has 158 valence electrons. The number of aromatic nitrogens is 2. The maximum atomic E-state index is 12.2. The molecular weight excluding hydrogens is 378 g/mol. The van der Waals surface area contributed by atoms with Crippen molar-refractivity contribution < 1.29 is 9.90 Å². The van der Waals surface area contributed by atoms with Gasteiger partial charge in [0.05, 0.1) is 23.7 Å². The number of hydrogen-bond acceptors (Lipinski definition) is 6. The van der Waals surface area contributed by atoms with Crippen LogP contribution in [0.2, 0.25) is 0 Å². The Labute approximate surface area is 177 Å². The number of nitrogens with two attached hydrogens (primary N) is 1. The predicted octanol–water partition coefficient (Wildman–Crippen LogP) is 2.67. The van der Waals surface area contributed by atoms with Crippen molar-refractivity contribution in [3.63, 3.8) is 0 Å². The third-order valence-electron chi connectivity index (χ3n) is 5.90. The smallest absolute Gasteiger partial charge is 0.225 e. The molecule has 0 aromatic carbocycles. The number of aliphatic hydroxyl groups is 1. The summed E-state index contributed by atoms with van der Waals surface area (Å²) in [5, 5.41) is 9.07. The van der Waals surface area contributed by atoms with E-state index in [4.69, 9.17) is 15.8 Å². The minimum Gasteiger partial charge on any atom is -0.396 e. The molecule has 0 spiro atoms. The van der Waals surface area contributed by atoms with E-state index in [0.717, 1.165) is 41.2 Å². The van der Waals surface area contributed by atoms with Gasteiger partial charge in [0.2, 0.25) is 5.91 Å². The largest absolute Gasteiger partial charge is 0.396 e. The average Bonchev–Trinajstić information content (AvgIpc) is 3.59. The first-order valence-electron chi connectivity index (χ1n) is 10.6. The summed E-state index contributed by atoms with van der Waals surface area (Å²) >= 11 is 0. The number of nitrogen functional groups attached to an aromatic ring is 1. The second kappa shape index (κ2) is 8.44. The highest BCUT2D eigenvalue weighted by atomic mass is 16.3. The average molecular weight is 408 g/mol. The molecule has 1 atom stereocenters. The standard InChI is InChI=1S/C23H29N5O2/c1-3-18-12-17(6-8-25-18)19-13-20(24)23(26-22(19)16-4-5-16)27-9-10-28(15(2)14-27)21(30)7-11-29/h3,6,8,12-13,15-16,29H,1,4-5,7,9-11,14,24H2,2H3/t15-/m1/s1. The number of amides is 1. The van der Waals surface area contributed by atoms with Crippen molar-refractivity contribution in [3.8, 4) is 11.1 Å². The Balaban J connectivity index is 1.63. The lowest BCUT2D eigenvalue weighted by molar-refractivity contribution is -0.134. The van der Waals surface area contributed by atoms with E-state index in [-0.39, 0.29) is 25.0 Å². The molecule has 0 unspecified atom stereocenters. The van der Waals surface area contributed by atoms with Crippen molar-refractivity contribution >= 4 is 23.5 Å². The second-order valence-corrected chi connectivity index (χ2v) is 8.14. The maximum Gasteiger partial charge on any atom is 0.225 e. The van der Waals surface area contributed by atoms with E-state index in [1.165, 1.54) is 0 Å². The molecule has 1 aliphatic heterocycles. The summed E-state index contributed by atoms with van der Waals surface area (Å²) in [4.78, 5) is 25.6. The van der Waals surface area contributed by atoms with Crippen LogP contribution >= 0.6 is 0 Å². The fraction of sp³-hybridized carbons (Fsp3) is 0.435. The van der Waals surface area contributed by atoms with Gasteiger partial charge in [0.25, 0.3) is 0 Å². The Hall–Kier alpha value is -2.93. The molecule has 1 amide bonds. The number of aliphatic hydroxyl groups excluding tert-OH is 1. The van der Waals surface area contributed by atoms with Gasteiger partial charge in [-0.15, -0.1) is 0 Å². The van der Waals surface area contributed by atoms with Crippen molar-refractivity contribution in [2.75, 3.05) is 36.9 Å². The molecule has 1 saturated heterocycles. The summed E-state index contributed by atoms with van der Waals surface area (Å²) in [5.74, 6) is 1.26. The predicted molar refractivity (Wildman–Crippen MR) is 119 cm³/mol. The van der Waals surface area contributed by atoms with Crippen molar-refractivity contribution in [1.82, 2.24) is 14.9 Å². The van der Waals surface area contributed by atoms with Gasteiger partial charge < -0.3 is 20.6 Å². The normalized spacial score (nSPS) is 19.1. The van der Waals surface area contributed by atoms with Crippen molar-refractivity contribution in [3.05, 3.63) is 42.4 Å². The van der Waals surface area contributed by atoms with E-state index in [1.807, 2.05) is 30.0 Å². The van der Waals surface area contributed by atoms with Gasteiger partial charge in [-0.05, 0) is 49.6 Å². The van der Waals surface area contributed by atoms with Crippen LogP contribution in [0.4, 0.5) is 11.5 Å². The fourth-order valence-electron chi connectivity index (χ4n) is 4.17. The molecule has 0 bridgehead atoms.